The third kappa shape index (κ3) is 5.35. The van der Waals surface area contributed by atoms with E-state index in [0.717, 1.165) is 19.6 Å². The Labute approximate surface area is 168 Å². The number of pyridine rings is 1. The molecule has 1 fully saturated rings. The molecule has 2 amide bonds. The van der Waals surface area contributed by atoms with E-state index in [1.807, 2.05) is 12.1 Å². The maximum absolute atomic E-state index is 12.7. The van der Waals surface area contributed by atoms with E-state index in [1.165, 1.54) is 34.7 Å². The summed E-state index contributed by atoms with van der Waals surface area (Å²) in [6.07, 6.45) is 3.56. The van der Waals surface area contributed by atoms with Crippen LogP contribution in [0.1, 0.15) is 22.8 Å². The molecule has 2 heterocycles. The molecule has 29 heavy (non-hydrogen) atoms. The number of piperazine rings is 1. The van der Waals surface area contributed by atoms with Crippen molar-refractivity contribution >= 4 is 17.5 Å². The van der Waals surface area contributed by atoms with E-state index >= 15 is 0 Å². The van der Waals surface area contributed by atoms with Gasteiger partial charge < -0.3 is 15.1 Å². The number of aromatic nitrogens is 1. The fourth-order valence-electron chi connectivity index (χ4n) is 3.39. The molecule has 152 valence electrons. The lowest BCUT2D eigenvalue weighted by molar-refractivity contribution is -0.917. The highest BCUT2D eigenvalue weighted by Gasteiger charge is 2.28. The van der Waals surface area contributed by atoms with Gasteiger partial charge >= 0.3 is 0 Å². The van der Waals surface area contributed by atoms with Crippen molar-refractivity contribution in [2.45, 2.75) is 19.5 Å². The largest absolute Gasteiger partial charge is 0.341 e. The van der Waals surface area contributed by atoms with Gasteiger partial charge in [0.25, 0.3) is 11.6 Å². The lowest BCUT2D eigenvalue weighted by Gasteiger charge is -2.33. The first-order valence-electron chi connectivity index (χ1n) is 9.50. The summed E-state index contributed by atoms with van der Waals surface area (Å²) in [4.78, 5) is 42.5. The predicted octanol–water partition coefficient (Wildman–Crippen LogP) is 0.0354. The first-order chi connectivity index (χ1) is 13.9. The molecule has 1 saturated heterocycles. The second kappa shape index (κ2) is 9.24. The maximum atomic E-state index is 12.7. The van der Waals surface area contributed by atoms with Crippen molar-refractivity contribution in [3.05, 3.63) is 70.0 Å². The molecule has 0 spiro atoms. The van der Waals surface area contributed by atoms with Crippen LogP contribution in [-0.2, 0) is 11.3 Å². The smallest absolute Gasteiger partial charge is 0.270 e. The van der Waals surface area contributed by atoms with E-state index in [4.69, 9.17) is 0 Å². The Balaban J connectivity index is 1.51. The van der Waals surface area contributed by atoms with Crippen LogP contribution in [0, 0.1) is 10.1 Å². The average molecular weight is 398 g/mol. The second-order valence-electron chi connectivity index (χ2n) is 7.11. The van der Waals surface area contributed by atoms with Gasteiger partial charge in [-0.1, -0.05) is 6.07 Å². The molecule has 1 atom stereocenters. The van der Waals surface area contributed by atoms with E-state index in [9.17, 15) is 19.7 Å². The number of rotatable bonds is 6. The van der Waals surface area contributed by atoms with Gasteiger partial charge in [-0.15, -0.1) is 0 Å². The van der Waals surface area contributed by atoms with Crippen LogP contribution in [-0.4, -0.2) is 58.8 Å². The van der Waals surface area contributed by atoms with E-state index in [1.54, 1.807) is 24.2 Å². The second-order valence-corrected chi connectivity index (χ2v) is 7.11. The first-order valence-corrected chi connectivity index (χ1v) is 9.50. The lowest BCUT2D eigenvalue weighted by atomic mass is 10.1. The highest BCUT2D eigenvalue weighted by atomic mass is 16.6. The highest BCUT2D eigenvalue weighted by Crippen LogP contribution is 2.13. The number of nitrogens with one attached hydrogen (secondary N) is 2. The molecule has 2 aromatic rings. The number of nitro benzene ring substituents is 1. The minimum atomic E-state index is -0.705. The van der Waals surface area contributed by atoms with Gasteiger partial charge in [0.15, 0.2) is 0 Å². The van der Waals surface area contributed by atoms with Crippen molar-refractivity contribution in [1.29, 1.82) is 0 Å². The Morgan fingerprint density at radius 2 is 1.93 bits per heavy atom. The normalized spacial score (nSPS) is 15.6. The zero-order valence-electron chi connectivity index (χ0n) is 16.2. The van der Waals surface area contributed by atoms with Gasteiger partial charge in [-0.25, -0.2) is 0 Å². The van der Waals surface area contributed by atoms with Crippen molar-refractivity contribution in [2.75, 3.05) is 26.2 Å². The summed E-state index contributed by atoms with van der Waals surface area (Å²) in [5.74, 6) is -0.650. The third-order valence-electron chi connectivity index (χ3n) is 5.02. The number of nitrogens with zero attached hydrogens (tertiary/aromatic N) is 3. The number of carbonyl (C=O) groups is 2. The Morgan fingerprint density at radius 1 is 1.24 bits per heavy atom. The fourth-order valence-corrected chi connectivity index (χ4v) is 3.39. The molecule has 9 nitrogen and oxygen atoms in total. The molecular formula is C20H24N5O4+. The van der Waals surface area contributed by atoms with E-state index in [2.05, 4.69) is 10.3 Å². The molecule has 1 aliphatic rings. The number of non-ortho nitro benzene ring substituents is 1. The third-order valence-corrected chi connectivity index (χ3v) is 5.02. The monoisotopic (exact) mass is 398 g/mol. The van der Waals surface area contributed by atoms with Crippen LogP contribution in [0.15, 0.2) is 48.8 Å². The fraction of sp³-hybridized carbons (Fsp3) is 0.350. The zero-order chi connectivity index (χ0) is 20.8. The average Bonchev–Trinajstić information content (AvgIpc) is 2.74. The molecule has 0 radical (unpaired) electrons. The Bertz CT molecular complexity index is 881. The van der Waals surface area contributed by atoms with Gasteiger partial charge in [0.1, 0.15) is 12.6 Å². The van der Waals surface area contributed by atoms with E-state index < -0.39 is 16.9 Å². The van der Waals surface area contributed by atoms with Gasteiger partial charge in [-0.05, 0) is 25.1 Å². The predicted molar refractivity (Wildman–Crippen MR) is 105 cm³/mol. The number of quaternary nitrogens is 1. The summed E-state index contributed by atoms with van der Waals surface area (Å²) in [5, 5.41) is 13.5. The maximum Gasteiger partial charge on any atom is 0.270 e. The van der Waals surface area contributed by atoms with Crippen molar-refractivity contribution in [3.8, 4) is 0 Å². The summed E-state index contributed by atoms with van der Waals surface area (Å²) in [6.45, 7) is 5.43. The van der Waals surface area contributed by atoms with Gasteiger partial charge in [0, 0.05) is 35.7 Å². The molecule has 1 aliphatic heterocycles. The standard InChI is InChI=1S/C20H23N5O4/c1-15(22-19(26)17-3-2-4-18(13-17)25(28)29)20(27)24-11-9-23(10-12-24)14-16-5-7-21-8-6-16/h2-8,13,15H,9-12,14H2,1H3,(H,22,26)/p+1/t15-/m0/s1. The molecule has 0 aliphatic carbocycles. The molecule has 0 unspecified atom stereocenters. The summed E-state index contributed by atoms with van der Waals surface area (Å²) in [6, 6.07) is 8.74. The van der Waals surface area contributed by atoms with Gasteiger partial charge in [0.05, 0.1) is 31.1 Å². The molecule has 1 aromatic heterocycles. The number of carbonyl (C=O) groups excluding carboxylic acids is 2. The highest BCUT2D eigenvalue weighted by molar-refractivity contribution is 5.97. The van der Waals surface area contributed by atoms with Gasteiger partial charge in [0.2, 0.25) is 5.91 Å². The summed E-state index contributed by atoms with van der Waals surface area (Å²) < 4.78 is 0. The van der Waals surface area contributed by atoms with Crippen molar-refractivity contribution in [2.24, 2.45) is 0 Å². The summed E-state index contributed by atoms with van der Waals surface area (Å²) in [5.41, 5.74) is 1.21. The molecule has 1 aromatic carbocycles. The number of benzene rings is 1. The van der Waals surface area contributed by atoms with Crippen molar-refractivity contribution in [3.63, 3.8) is 0 Å². The Kier molecular flexibility index (Phi) is 6.50. The van der Waals surface area contributed by atoms with Crippen LogP contribution in [0.5, 0.6) is 0 Å². The van der Waals surface area contributed by atoms with Crippen LogP contribution in [0.4, 0.5) is 5.69 Å². The van der Waals surface area contributed by atoms with E-state index in [-0.39, 0.29) is 17.2 Å². The van der Waals surface area contributed by atoms with Crippen LogP contribution in [0.25, 0.3) is 0 Å². The topological polar surface area (TPSA) is 110 Å². The van der Waals surface area contributed by atoms with Crippen molar-refractivity contribution in [1.82, 2.24) is 15.2 Å². The Morgan fingerprint density at radius 3 is 2.59 bits per heavy atom. The molecule has 9 heteroatoms. The van der Waals surface area contributed by atoms with Crippen LogP contribution in [0.3, 0.4) is 0 Å². The summed E-state index contributed by atoms with van der Waals surface area (Å²) in [7, 11) is 0. The SMILES string of the molecule is C[C@H](NC(=O)c1cccc([N+](=O)[O-])c1)C(=O)N1CC[NH+](Cc2ccncc2)CC1. The van der Waals surface area contributed by atoms with Gasteiger partial charge in [-0.3, -0.25) is 24.7 Å². The molecule has 0 bridgehead atoms. The van der Waals surface area contributed by atoms with Crippen molar-refractivity contribution < 1.29 is 19.4 Å². The molecular weight excluding hydrogens is 374 g/mol. The number of nitro groups is 1. The quantitative estimate of drug-likeness (QED) is 0.527. The zero-order valence-corrected chi connectivity index (χ0v) is 16.2. The van der Waals surface area contributed by atoms with Crippen LogP contribution < -0.4 is 10.2 Å². The van der Waals surface area contributed by atoms with Crippen LogP contribution >= 0.6 is 0 Å². The number of hydrogen-bond donors (Lipinski definition) is 2. The molecule has 3 rings (SSSR count). The molecule has 0 saturated carbocycles. The van der Waals surface area contributed by atoms with E-state index in [0.29, 0.717) is 13.1 Å². The number of hydrogen-bond acceptors (Lipinski definition) is 5. The summed E-state index contributed by atoms with van der Waals surface area (Å²) >= 11 is 0. The van der Waals surface area contributed by atoms with Crippen LogP contribution in [0.2, 0.25) is 0 Å². The Hall–Kier alpha value is -3.33. The lowest BCUT2D eigenvalue weighted by Crippen LogP contribution is -3.13. The first kappa shape index (κ1) is 20.4. The minimum Gasteiger partial charge on any atom is -0.341 e. The molecule has 2 N–H and O–H groups in total. The number of amides is 2. The van der Waals surface area contributed by atoms with Gasteiger partial charge in [-0.2, -0.15) is 0 Å². The minimum absolute atomic E-state index is 0.147.